The van der Waals surface area contributed by atoms with Crippen LogP contribution in [0.2, 0.25) is 5.02 Å². The fourth-order valence-corrected chi connectivity index (χ4v) is 1.83. The molecule has 0 bridgehead atoms. The summed E-state index contributed by atoms with van der Waals surface area (Å²) >= 11 is 5.87. The van der Waals surface area contributed by atoms with Crippen LogP contribution < -0.4 is 10.1 Å². The Bertz CT molecular complexity index is 576. The molecular formula is C14H13ClF2N2O. The first-order valence-electron chi connectivity index (χ1n) is 5.94. The van der Waals surface area contributed by atoms with Crippen molar-refractivity contribution in [1.29, 1.82) is 0 Å². The van der Waals surface area contributed by atoms with E-state index < -0.39 is 6.61 Å². The van der Waals surface area contributed by atoms with Gasteiger partial charge in [0.25, 0.3) is 0 Å². The number of benzene rings is 1. The molecule has 0 aliphatic heterocycles. The molecule has 2 aromatic rings. The van der Waals surface area contributed by atoms with Gasteiger partial charge in [0.05, 0.1) is 5.02 Å². The molecule has 0 saturated heterocycles. The Morgan fingerprint density at radius 3 is 2.70 bits per heavy atom. The van der Waals surface area contributed by atoms with E-state index in [0.717, 1.165) is 16.9 Å². The first kappa shape index (κ1) is 14.5. The van der Waals surface area contributed by atoms with Crippen molar-refractivity contribution in [3.63, 3.8) is 0 Å². The predicted molar refractivity (Wildman–Crippen MR) is 74.4 cm³/mol. The molecule has 0 atom stereocenters. The normalized spacial score (nSPS) is 10.7. The molecule has 0 unspecified atom stereocenters. The standard InChI is InChI=1S/C14H13ClF2N2O/c1-9-2-3-10(7-18-9)8-19-11-4-5-13(12(15)6-11)20-14(16)17/h2-7,14,19H,8H2,1H3. The van der Waals surface area contributed by atoms with Crippen molar-refractivity contribution in [2.45, 2.75) is 20.1 Å². The second kappa shape index (κ2) is 6.52. The van der Waals surface area contributed by atoms with Crippen molar-refractivity contribution in [2.75, 3.05) is 5.32 Å². The van der Waals surface area contributed by atoms with Crippen LogP contribution in [-0.2, 0) is 6.54 Å². The maximum atomic E-state index is 12.1. The van der Waals surface area contributed by atoms with Gasteiger partial charge in [-0.3, -0.25) is 4.98 Å². The summed E-state index contributed by atoms with van der Waals surface area (Å²) < 4.78 is 28.5. The highest BCUT2D eigenvalue weighted by atomic mass is 35.5. The van der Waals surface area contributed by atoms with Gasteiger partial charge in [-0.1, -0.05) is 17.7 Å². The summed E-state index contributed by atoms with van der Waals surface area (Å²) in [6, 6.07) is 8.46. The van der Waals surface area contributed by atoms with E-state index in [-0.39, 0.29) is 10.8 Å². The molecule has 0 radical (unpaired) electrons. The lowest BCUT2D eigenvalue weighted by molar-refractivity contribution is -0.0497. The van der Waals surface area contributed by atoms with Crippen molar-refractivity contribution in [1.82, 2.24) is 4.98 Å². The van der Waals surface area contributed by atoms with Crippen LogP contribution in [0.3, 0.4) is 0 Å². The number of pyridine rings is 1. The molecule has 0 aliphatic rings. The summed E-state index contributed by atoms with van der Waals surface area (Å²) in [6.07, 6.45) is 1.78. The Labute approximate surface area is 120 Å². The summed E-state index contributed by atoms with van der Waals surface area (Å²) in [5.41, 5.74) is 2.68. The largest absolute Gasteiger partial charge is 0.433 e. The number of rotatable bonds is 5. The highest BCUT2D eigenvalue weighted by molar-refractivity contribution is 6.32. The molecule has 0 amide bonds. The molecule has 0 aliphatic carbocycles. The van der Waals surface area contributed by atoms with Gasteiger partial charge in [-0.05, 0) is 36.8 Å². The number of hydrogen-bond acceptors (Lipinski definition) is 3. The van der Waals surface area contributed by atoms with Crippen molar-refractivity contribution in [3.8, 4) is 5.75 Å². The molecule has 0 saturated carbocycles. The van der Waals surface area contributed by atoms with E-state index in [1.807, 2.05) is 19.1 Å². The summed E-state index contributed by atoms with van der Waals surface area (Å²) in [6.45, 7) is -0.401. The molecule has 2 rings (SSSR count). The minimum atomic E-state index is -2.88. The zero-order valence-corrected chi connectivity index (χ0v) is 11.5. The van der Waals surface area contributed by atoms with Crippen LogP contribution >= 0.6 is 11.6 Å². The van der Waals surface area contributed by atoms with Crippen molar-refractivity contribution in [3.05, 3.63) is 52.8 Å². The van der Waals surface area contributed by atoms with Crippen LogP contribution in [0.4, 0.5) is 14.5 Å². The number of nitrogens with zero attached hydrogens (tertiary/aromatic N) is 1. The van der Waals surface area contributed by atoms with Gasteiger partial charge in [0, 0.05) is 24.1 Å². The highest BCUT2D eigenvalue weighted by Crippen LogP contribution is 2.29. The summed E-state index contributed by atoms with van der Waals surface area (Å²) in [5.74, 6) is -0.0378. The van der Waals surface area contributed by atoms with Crippen LogP contribution in [-0.4, -0.2) is 11.6 Å². The summed E-state index contributed by atoms with van der Waals surface area (Å²) in [5, 5.41) is 3.27. The van der Waals surface area contributed by atoms with E-state index in [2.05, 4.69) is 15.0 Å². The van der Waals surface area contributed by atoms with E-state index in [9.17, 15) is 8.78 Å². The highest BCUT2D eigenvalue weighted by Gasteiger charge is 2.08. The zero-order chi connectivity index (χ0) is 14.5. The topological polar surface area (TPSA) is 34.1 Å². The number of alkyl halides is 2. The SMILES string of the molecule is Cc1ccc(CNc2ccc(OC(F)F)c(Cl)c2)cn1. The third-order valence-electron chi connectivity index (χ3n) is 2.62. The lowest BCUT2D eigenvalue weighted by Crippen LogP contribution is -2.03. The number of anilines is 1. The lowest BCUT2D eigenvalue weighted by atomic mass is 10.2. The van der Waals surface area contributed by atoms with Crippen LogP contribution in [0.15, 0.2) is 36.5 Å². The van der Waals surface area contributed by atoms with E-state index in [1.54, 1.807) is 18.3 Å². The maximum absolute atomic E-state index is 12.1. The Morgan fingerprint density at radius 1 is 1.30 bits per heavy atom. The van der Waals surface area contributed by atoms with E-state index in [0.29, 0.717) is 6.54 Å². The van der Waals surface area contributed by atoms with Gasteiger partial charge in [0.2, 0.25) is 0 Å². The van der Waals surface area contributed by atoms with Gasteiger partial charge in [-0.25, -0.2) is 0 Å². The smallest absolute Gasteiger partial charge is 0.387 e. The molecule has 106 valence electrons. The third-order valence-corrected chi connectivity index (χ3v) is 2.91. The fourth-order valence-electron chi connectivity index (χ4n) is 1.61. The van der Waals surface area contributed by atoms with Crippen molar-refractivity contribution >= 4 is 17.3 Å². The molecule has 1 heterocycles. The third kappa shape index (κ3) is 4.06. The lowest BCUT2D eigenvalue weighted by Gasteiger charge is -2.10. The minimum absolute atomic E-state index is 0.0378. The molecule has 20 heavy (non-hydrogen) atoms. The minimum Gasteiger partial charge on any atom is -0.433 e. The number of ether oxygens (including phenoxy) is 1. The van der Waals surface area contributed by atoms with Crippen LogP contribution in [0.25, 0.3) is 0 Å². The summed E-state index contributed by atoms with van der Waals surface area (Å²) in [4.78, 5) is 4.19. The Balaban J connectivity index is 1.99. The van der Waals surface area contributed by atoms with Gasteiger partial charge >= 0.3 is 6.61 Å². The predicted octanol–water partition coefficient (Wildman–Crippen LogP) is 4.26. The second-order valence-electron chi connectivity index (χ2n) is 4.19. The van der Waals surface area contributed by atoms with Crippen LogP contribution in [0.1, 0.15) is 11.3 Å². The quantitative estimate of drug-likeness (QED) is 0.895. The van der Waals surface area contributed by atoms with E-state index >= 15 is 0 Å². The molecule has 1 N–H and O–H groups in total. The Kier molecular flexibility index (Phi) is 4.74. The molecule has 1 aromatic heterocycles. The summed E-state index contributed by atoms with van der Waals surface area (Å²) in [7, 11) is 0. The zero-order valence-electron chi connectivity index (χ0n) is 10.7. The fraction of sp³-hybridized carbons (Fsp3) is 0.214. The number of aromatic nitrogens is 1. The molecule has 0 fully saturated rings. The van der Waals surface area contributed by atoms with Crippen molar-refractivity contribution < 1.29 is 13.5 Å². The van der Waals surface area contributed by atoms with E-state index in [1.165, 1.54) is 6.07 Å². The molecule has 3 nitrogen and oxygen atoms in total. The van der Waals surface area contributed by atoms with E-state index in [4.69, 9.17) is 11.6 Å². The molecule has 0 spiro atoms. The maximum Gasteiger partial charge on any atom is 0.387 e. The number of aryl methyl sites for hydroxylation is 1. The average molecular weight is 299 g/mol. The number of hydrogen-bond donors (Lipinski definition) is 1. The first-order chi connectivity index (χ1) is 9.54. The molecule has 1 aromatic carbocycles. The monoisotopic (exact) mass is 298 g/mol. The van der Waals surface area contributed by atoms with Crippen molar-refractivity contribution in [2.24, 2.45) is 0 Å². The van der Waals surface area contributed by atoms with Gasteiger partial charge in [0.1, 0.15) is 5.75 Å². The Morgan fingerprint density at radius 2 is 2.10 bits per heavy atom. The Hall–Kier alpha value is -1.88. The van der Waals surface area contributed by atoms with Gasteiger partial charge < -0.3 is 10.1 Å². The van der Waals surface area contributed by atoms with Gasteiger partial charge in [0.15, 0.2) is 0 Å². The number of nitrogens with one attached hydrogen (secondary N) is 1. The van der Waals surface area contributed by atoms with Gasteiger partial charge in [-0.15, -0.1) is 0 Å². The first-order valence-corrected chi connectivity index (χ1v) is 6.32. The number of halogens is 3. The second-order valence-corrected chi connectivity index (χ2v) is 4.59. The van der Waals surface area contributed by atoms with Crippen LogP contribution in [0.5, 0.6) is 5.75 Å². The van der Waals surface area contributed by atoms with Gasteiger partial charge in [-0.2, -0.15) is 8.78 Å². The van der Waals surface area contributed by atoms with Crippen LogP contribution in [0, 0.1) is 6.92 Å². The molecular weight excluding hydrogens is 286 g/mol. The average Bonchev–Trinajstić information content (AvgIpc) is 2.40. The molecule has 6 heteroatoms.